The van der Waals surface area contributed by atoms with Gasteiger partial charge in [-0.1, -0.05) is 24.6 Å². The third-order valence-electron chi connectivity index (χ3n) is 4.58. The summed E-state index contributed by atoms with van der Waals surface area (Å²) in [5, 5.41) is 3.20. The topological polar surface area (TPSA) is 41.6 Å². The Kier molecular flexibility index (Phi) is 6.85. The molecule has 0 aromatic heterocycles. The van der Waals surface area contributed by atoms with Gasteiger partial charge in [-0.25, -0.2) is 0 Å². The van der Waals surface area contributed by atoms with E-state index in [1.54, 1.807) is 7.11 Å². The van der Waals surface area contributed by atoms with Crippen LogP contribution in [0.1, 0.15) is 38.7 Å². The van der Waals surface area contributed by atoms with E-state index >= 15 is 0 Å². The molecule has 132 valence electrons. The number of ether oxygens (including phenoxy) is 1. The number of allylic oxidation sites excluding steroid dienone is 1. The van der Waals surface area contributed by atoms with E-state index in [0.29, 0.717) is 6.04 Å². The summed E-state index contributed by atoms with van der Waals surface area (Å²) in [6, 6.07) is 8.52. The first kappa shape index (κ1) is 18.5. The Balaban J connectivity index is 1.76. The zero-order valence-corrected chi connectivity index (χ0v) is 15.2. The van der Waals surface area contributed by atoms with E-state index in [4.69, 9.17) is 4.74 Å². The first-order valence-corrected chi connectivity index (χ1v) is 8.78. The molecular formula is C20H30N2O2. The summed E-state index contributed by atoms with van der Waals surface area (Å²) < 4.78 is 5.28. The zero-order valence-electron chi connectivity index (χ0n) is 15.2. The number of hydrogen-bond donors (Lipinski definition) is 1. The lowest BCUT2D eigenvalue weighted by Crippen LogP contribution is -2.45. The fourth-order valence-electron chi connectivity index (χ4n) is 3.22. The maximum absolute atomic E-state index is 12.2. The third kappa shape index (κ3) is 5.68. The maximum Gasteiger partial charge on any atom is 0.223 e. The maximum atomic E-state index is 12.2. The van der Waals surface area contributed by atoms with E-state index in [1.165, 1.54) is 5.56 Å². The Bertz CT molecular complexity index is 563. The number of nitrogens with one attached hydrogen (secondary N) is 1. The number of methoxy groups -OCH3 is 1. The number of carbonyl (C=O) groups excluding carboxylic acids is 1. The van der Waals surface area contributed by atoms with E-state index in [1.807, 2.05) is 26.0 Å². The van der Waals surface area contributed by atoms with Crippen molar-refractivity contribution in [3.8, 4) is 5.75 Å². The number of amides is 1. The van der Waals surface area contributed by atoms with Crippen LogP contribution in [0.5, 0.6) is 5.75 Å². The van der Waals surface area contributed by atoms with E-state index in [9.17, 15) is 4.79 Å². The normalized spacial score (nSPS) is 17.3. The van der Waals surface area contributed by atoms with Gasteiger partial charge in [-0.05, 0) is 43.9 Å². The van der Waals surface area contributed by atoms with Crippen LogP contribution in [0.3, 0.4) is 0 Å². The van der Waals surface area contributed by atoms with Crippen LogP contribution >= 0.6 is 0 Å². The Morgan fingerprint density at radius 2 is 2.12 bits per heavy atom. The fraction of sp³-hybridized carbons (Fsp3) is 0.550. The standard InChI is InChI=1S/C20H30N2O2/c1-15(2)12-16(3)20(23)21-18-8-10-22(11-9-18)14-17-6-5-7-19(13-17)24-4/h5-7,13,16,18H,1,8-12,14H2,2-4H3,(H,21,23). The monoisotopic (exact) mass is 330 g/mol. The molecule has 1 saturated heterocycles. The van der Waals surface area contributed by atoms with Gasteiger partial charge in [0.25, 0.3) is 0 Å². The van der Waals surface area contributed by atoms with Crippen molar-refractivity contribution in [3.63, 3.8) is 0 Å². The van der Waals surface area contributed by atoms with Gasteiger partial charge in [-0.15, -0.1) is 6.58 Å². The van der Waals surface area contributed by atoms with E-state index in [2.05, 4.69) is 28.9 Å². The molecule has 1 unspecified atom stereocenters. The number of piperidine rings is 1. The van der Waals surface area contributed by atoms with Crippen molar-refractivity contribution in [3.05, 3.63) is 42.0 Å². The summed E-state index contributed by atoms with van der Waals surface area (Å²) >= 11 is 0. The summed E-state index contributed by atoms with van der Waals surface area (Å²) in [6.45, 7) is 10.8. The number of nitrogens with zero attached hydrogens (tertiary/aromatic N) is 1. The molecule has 1 atom stereocenters. The van der Waals surface area contributed by atoms with Gasteiger partial charge in [0, 0.05) is 31.6 Å². The van der Waals surface area contributed by atoms with Gasteiger partial charge in [-0.3, -0.25) is 9.69 Å². The van der Waals surface area contributed by atoms with Crippen LogP contribution in [0.25, 0.3) is 0 Å². The Labute approximate surface area is 145 Å². The average Bonchev–Trinajstić information content (AvgIpc) is 2.56. The molecule has 1 fully saturated rings. The summed E-state index contributed by atoms with van der Waals surface area (Å²) in [7, 11) is 1.70. The largest absolute Gasteiger partial charge is 0.497 e. The van der Waals surface area contributed by atoms with Crippen LogP contribution in [-0.4, -0.2) is 37.0 Å². The molecule has 0 spiro atoms. The van der Waals surface area contributed by atoms with Crippen LogP contribution < -0.4 is 10.1 Å². The van der Waals surface area contributed by atoms with E-state index in [-0.39, 0.29) is 11.8 Å². The van der Waals surface area contributed by atoms with Crippen LogP contribution in [-0.2, 0) is 11.3 Å². The number of carbonyl (C=O) groups is 1. The molecule has 1 N–H and O–H groups in total. The van der Waals surface area contributed by atoms with Crippen LogP contribution in [0.15, 0.2) is 36.4 Å². The molecule has 1 aliphatic heterocycles. The predicted octanol–water partition coefficient (Wildman–Crippen LogP) is 3.38. The van der Waals surface area contributed by atoms with Gasteiger partial charge >= 0.3 is 0 Å². The van der Waals surface area contributed by atoms with Gasteiger partial charge in [-0.2, -0.15) is 0 Å². The lowest BCUT2D eigenvalue weighted by molar-refractivity contribution is -0.125. The second kappa shape index (κ2) is 8.88. The molecule has 1 heterocycles. The van der Waals surface area contributed by atoms with Gasteiger partial charge in [0.1, 0.15) is 5.75 Å². The summed E-state index contributed by atoms with van der Waals surface area (Å²) in [5.74, 6) is 1.07. The van der Waals surface area contributed by atoms with Crippen molar-refractivity contribution in [2.75, 3.05) is 20.2 Å². The van der Waals surface area contributed by atoms with Gasteiger partial charge in [0.2, 0.25) is 5.91 Å². The number of likely N-dealkylation sites (tertiary alicyclic amines) is 1. The molecule has 0 saturated carbocycles. The minimum absolute atomic E-state index is 0.0114. The molecule has 0 radical (unpaired) electrons. The first-order valence-electron chi connectivity index (χ1n) is 8.78. The first-order chi connectivity index (χ1) is 11.5. The zero-order chi connectivity index (χ0) is 17.5. The summed E-state index contributed by atoms with van der Waals surface area (Å²) in [6.07, 6.45) is 2.78. The van der Waals surface area contributed by atoms with E-state index in [0.717, 1.165) is 50.2 Å². The van der Waals surface area contributed by atoms with Crippen LogP contribution in [0.2, 0.25) is 0 Å². The second-order valence-electron chi connectivity index (χ2n) is 6.97. The van der Waals surface area contributed by atoms with Crippen molar-refractivity contribution in [2.24, 2.45) is 5.92 Å². The van der Waals surface area contributed by atoms with Crippen LogP contribution in [0, 0.1) is 5.92 Å². The van der Waals surface area contributed by atoms with Gasteiger partial charge < -0.3 is 10.1 Å². The Hall–Kier alpha value is -1.81. The van der Waals surface area contributed by atoms with Crippen molar-refractivity contribution < 1.29 is 9.53 Å². The molecule has 1 aromatic rings. The number of hydrogen-bond acceptors (Lipinski definition) is 3. The van der Waals surface area contributed by atoms with Crippen molar-refractivity contribution in [2.45, 2.75) is 45.7 Å². The highest BCUT2D eigenvalue weighted by atomic mass is 16.5. The predicted molar refractivity (Wildman–Crippen MR) is 98.0 cm³/mol. The molecule has 1 aromatic carbocycles. The fourth-order valence-corrected chi connectivity index (χ4v) is 3.22. The van der Waals surface area contributed by atoms with E-state index < -0.39 is 0 Å². The highest BCUT2D eigenvalue weighted by Gasteiger charge is 2.22. The summed E-state index contributed by atoms with van der Waals surface area (Å²) in [5.41, 5.74) is 2.33. The molecule has 4 nitrogen and oxygen atoms in total. The van der Waals surface area contributed by atoms with Gasteiger partial charge in [0.05, 0.1) is 7.11 Å². The highest BCUT2D eigenvalue weighted by Crippen LogP contribution is 2.18. The highest BCUT2D eigenvalue weighted by molar-refractivity contribution is 5.78. The smallest absolute Gasteiger partial charge is 0.223 e. The molecule has 1 aliphatic rings. The SMILES string of the molecule is C=C(C)CC(C)C(=O)NC1CCN(Cc2cccc(OC)c2)CC1. The minimum atomic E-state index is 0.0114. The third-order valence-corrected chi connectivity index (χ3v) is 4.58. The molecule has 2 rings (SSSR count). The van der Waals surface area contributed by atoms with Crippen molar-refractivity contribution in [1.82, 2.24) is 10.2 Å². The number of benzene rings is 1. The van der Waals surface area contributed by atoms with Crippen LogP contribution in [0.4, 0.5) is 0 Å². The lowest BCUT2D eigenvalue weighted by Gasteiger charge is -2.33. The van der Waals surface area contributed by atoms with Crippen molar-refractivity contribution in [1.29, 1.82) is 0 Å². The lowest BCUT2D eigenvalue weighted by atomic mass is 9.99. The molecule has 4 heteroatoms. The Morgan fingerprint density at radius 1 is 1.42 bits per heavy atom. The molecular weight excluding hydrogens is 300 g/mol. The molecule has 0 aliphatic carbocycles. The minimum Gasteiger partial charge on any atom is -0.497 e. The van der Waals surface area contributed by atoms with Gasteiger partial charge in [0.15, 0.2) is 0 Å². The molecule has 0 bridgehead atoms. The quantitative estimate of drug-likeness (QED) is 0.779. The summed E-state index contributed by atoms with van der Waals surface area (Å²) in [4.78, 5) is 14.6. The molecule has 24 heavy (non-hydrogen) atoms. The second-order valence-corrected chi connectivity index (χ2v) is 6.97. The average molecular weight is 330 g/mol. The van der Waals surface area contributed by atoms with Crippen molar-refractivity contribution >= 4 is 5.91 Å². The number of rotatable bonds is 7. The molecule has 1 amide bonds. The Morgan fingerprint density at radius 3 is 2.75 bits per heavy atom.